The van der Waals surface area contributed by atoms with E-state index in [4.69, 9.17) is 0 Å². The summed E-state index contributed by atoms with van der Waals surface area (Å²) in [5.41, 5.74) is 0.935. The van der Waals surface area contributed by atoms with Crippen molar-refractivity contribution in [3.05, 3.63) is 29.8 Å². The largest absolute Gasteiger partial charge is 0.309 e. The highest BCUT2D eigenvalue weighted by atomic mass is 19.1. The van der Waals surface area contributed by atoms with Gasteiger partial charge in [-0.3, -0.25) is 4.98 Å². The summed E-state index contributed by atoms with van der Waals surface area (Å²) in [6, 6.07) is 4.04. The summed E-state index contributed by atoms with van der Waals surface area (Å²) in [6.07, 6.45) is 4.56. The van der Waals surface area contributed by atoms with Gasteiger partial charge in [0.15, 0.2) is 0 Å². The molecule has 21 heavy (non-hydrogen) atoms. The van der Waals surface area contributed by atoms with E-state index in [2.05, 4.69) is 42.9 Å². The van der Waals surface area contributed by atoms with Crippen molar-refractivity contribution in [2.75, 3.05) is 19.6 Å². The molecule has 0 aromatic carbocycles. The van der Waals surface area contributed by atoms with Gasteiger partial charge in [-0.25, -0.2) is 4.39 Å². The molecule has 0 amide bonds. The van der Waals surface area contributed by atoms with Gasteiger partial charge in [0.05, 0.1) is 17.9 Å². The van der Waals surface area contributed by atoms with E-state index >= 15 is 0 Å². The summed E-state index contributed by atoms with van der Waals surface area (Å²) in [5, 5.41) is 3.53. The van der Waals surface area contributed by atoms with Gasteiger partial charge in [-0.15, -0.1) is 0 Å². The Morgan fingerprint density at radius 1 is 1.19 bits per heavy atom. The SMILES string of the molecule is CCCNC(CCN(CCC)C(C)C)c1ccc(F)cn1. The van der Waals surface area contributed by atoms with Crippen molar-refractivity contribution in [2.24, 2.45) is 0 Å². The van der Waals surface area contributed by atoms with E-state index in [9.17, 15) is 4.39 Å². The molecule has 1 aromatic rings. The lowest BCUT2D eigenvalue weighted by Gasteiger charge is -2.28. The van der Waals surface area contributed by atoms with Crippen molar-refractivity contribution >= 4 is 0 Å². The van der Waals surface area contributed by atoms with Gasteiger partial charge in [-0.2, -0.15) is 0 Å². The van der Waals surface area contributed by atoms with Crippen LogP contribution in [0.4, 0.5) is 4.39 Å². The van der Waals surface area contributed by atoms with Crippen LogP contribution in [0.1, 0.15) is 58.7 Å². The molecule has 0 fully saturated rings. The third kappa shape index (κ3) is 6.53. The van der Waals surface area contributed by atoms with Gasteiger partial charge in [-0.05, 0) is 58.3 Å². The smallest absolute Gasteiger partial charge is 0.141 e. The molecule has 1 heterocycles. The number of pyridine rings is 1. The average molecular weight is 295 g/mol. The maximum atomic E-state index is 13.0. The van der Waals surface area contributed by atoms with Gasteiger partial charge in [0.25, 0.3) is 0 Å². The topological polar surface area (TPSA) is 28.2 Å². The summed E-state index contributed by atoms with van der Waals surface area (Å²) < 4.78 is 13.0. The molecule has 120 valence electrons. The molecule has 0 aliphatic carbocycles. The average Bonchev–Trinajstić information content (AvgIpc) is 2.47. The van der Waals surface area contributed by atoms with Crippen molar-refractivity contribution in [1.82, 2.24) is 15.2 Å². The number of hydrogen-bond acceptors (Lipinski definition) is 3. The Kier molecular flexibility index (Phi) is 8.47. The van der Waals surface area contributed by atoms with Crippen LogP contribution in [-0.4, -0.2) is 35.6 Å². The van der Waals surface area contributed by atoms with Crippen molar-refractivity contribution in [3.63, 3.8) is 0 Å². The minimum Gasteiger partial charge on any atom is -0.309 e. The lowest BCUT2D eigenvalue weighted by Crippen LogP contribution is -2.35. The van der Waals surface area contributed by atoms with Gasteiger partial charge in [0.1, 0.15) is 5.82 Å². The minimum absolute atomic E-state index is 0.198. The molecule has 0 saturated carbocycles. The summed E-state index contributed by atoms with van der Waals surface area (Å²) >= 11 is 0. The lowest BCUT2D eigenvalue weighted by atomic mass is 10.1. The molecule has 1 aromatic heterocycles. The van der Waals surface area contributed by atoms with Crippen LogP contribution in [0.2, 0.25) is 0 Å². The van der Waals surface area contributed by atoms with Crippen LogP contribution >= 0.6 is 0 Å². The predicted molar refractivity (Wildman–Crippen MR) is 86.8 cm³/mol. The molecule has 1 N–H and O–H groups in total. The second kappa shape index (κ2) is 9.85. The molecule has 0 bridgehead atoms. The van der Waals surface area contributed by atoms with Crippen molar-refractivity contribution in [2.45, 2.75) is 59.0 Å². The molecule has 1 atom stereocenters. The van der Waals surface area contributed by atoms with E-state index in [1.807, 2.05) is 0 Å². The molecule has 0 saturated heterocycles. The van der Waals surface area contributed by atoms with Crippen LogP contribution in [0.3, 0.4) is 0 Å². The molecule has 0 spiro atoms. The highest BCUT2D eigenvalue weighted by Crippen LogP contribution is 2.16. The Hall–Kier alpha value is -1.00. The van der Waals surface area contributed by atoms with Crippen LogP contribution in [-0.2, 0) is 0 Å². The fourth-order valence-corrected chi connectivity index (χ4v) is 2.48. The van der Waals surface area contributed by atoms with E-state index in [0.717, 1.165) is 38.2 Å². The van der Waals surface area contributed by atoms with Crippen molar-refractivity contribution in [3.8, 4) is 0 Å². The van der Waals surface area contributed by atoms with Crippen molar-refractivity contribution < 1.29 is 4.39 Å². The number of aromatic nitrogens is 1. The third-order valence-electron chi connectivity index (χ3n) is 3.69. The van der Waals surface area contributed by atoms with Crippen LogP contribution in [0.25, 0.3) is 0 Å². The highest BCUT2D eigenvalue weighted by molar-refractivity contribution is 5.10. The molecule has 1 rings (SSSR count). The molecule has 1 unspecified atom stereocenters. The number of rotatable bonds is 10. The van der Waals surface area contributed by atoms with Gasteiger partial charge in [0, 0.05) is 12.6 Å². The Balaban J connectivity index is 2.66. The van der Waals surface area contributed by atoms with Crippen LogP contribution in [0.15, 0.2) is 18.3 Å². The molecule has 3 nitrogen and oxygen atoms in total. The highest BCUT2D eigenvalue weighted by Gasteiger charge is 2.15. The number of nitrogens with one attached hydrogen (secondary N) is 1. The van der Waals surface area contributed by atoms with Gasteiger partial charge in [-0.1, -0.05) is 13.8 Å². The van der Waals surface area contributed by atoms with Gasteiger partial charge < -0.3 is 10.2 Å². The predicted octanol–water partition coefficient (Wildman–Crippen LogP) is 3.77. The first-order chi connectivity index (χ1) is 10.1. The molecular formula is C17H30FN3. The first-order valence-electron chi connectivity index (χ1n) is 8.17. The first-order valence-corrected chi connectivity index (χ1v) is 8.17. The molecule has 0 aliphatic heterocycles. The Bertz CT molecular complexity index is 378. The van der Waals surface area contributed by atoms with Crippen LogP contribution in [0.5, 0.6) is 0 Å². The second-order valence-corrected chi connectivity index (χ2v) is 5.83. The van der Waals surface area contributed by atoms with E-state index in [-0.39, 0.29) is 11.9 Å². The van der Waals surface area contributed by atoms with Gasteiger partial charge in [0.2, 0.25) is 0 Å². The molecule has 4 heteroatoms. The number of halogens is 1. The third-order valence-corrected chi connectivity index (χ3v) is 3.69. The van der Waals surface area contributed by atoms with E-state index in [1.165, 1.54) is 18.7 Å². The second-order valence-electron chi connectivity index (χ2n) is 5.83. The van der Waals surface area contributed by atoms with Gasteiger partial charge >= 0.3 is 0 Å². The fourth-order valence-electron chi connectivity index (χ4n) is 2.48. The first kappa shape index (κ1) is 18.1. The molecular weight excluding hydrogens is 265 g/mol. The summed E-state index contributed by atoms with van der Waals surface area (Å²) in [5.74, 6) is -0.275. The lowest BCUT2D eigenvalue weighted by molar-refractivity contribution is 0.209. The minimum atomic E-state index is -0.275. The Morgan fingerprint density at radius 2 is 1.95 bits per heavy atom. The fraction of sp³-hybridized carbons (Fsp3) is 0.706. The van der Waals surface area contributed by atoms with E-state index in [0.29, 0.717) is 6.04 Å². The Morgan fingerprint density at radius 3 is 2.48 bits per heavy atom. The molecule has 0 aliphatic rings. The summed E-state index contributed by atoms with van der Waals surface area (Å²) in [4.78, 5) is 6.73. The van der Waals surface area contributed by atoms with E-state index in [1.54, 1.807) is 6.07 Å². The standard InChI is InChI=1S/C17H30FN3/c1-5-10-19-17(16-8-7-15(18)13-20-16)9-12-21(11-6-2)14(3)4/h7-8,13-14,17,19H,5-6,9-12H2,1-4H3. The van der Waals surface area contributed by atoms with Crippen molar-refractivity contribution in [1.29, 1.82) is 0 Å². The maximum Gasteiger partial charge on any atom is 0.141 e. The maximum absolute atomic E-state index is 13.0. The zero-order valence-corrected chi connectivity index (χ0v) is 13.9. The monoisotopic (exact) mass is 295 g/mol. The Labute approximate surface area is 129 Å². The number of hydrogen-bond donors (Lipinski definition) is 1. The number of nitrogens with zero attached hydrogens (tertiary/aromatic N) is 2. The normalized spacial score (nSPS) is 13.1. The zero-order chi connectivity index (χ0) is 15.7. The van der Waals surface area contributed by atoms with Crippen LogP contribution in [0, 0.1) is 5.82 Å². The molecule has 0 radical (unpaired) electrons. The summed E-state index contributed by atoms with van der Waals surface area (Å²) in [6.45, 7) is 11.9. The summed E-state index contributed by atoms with van der Waals surface area (Å²) in [7, 11) is 0. The van der Waals surface area contributed by atoms with Crippen LogP contribution < -0.4 is 5.32 Å². The zero-order valence-electron chi connectivity index (χ0n) is 13.9. The van der Waals surface area contributed by atoms with E-state index < -0.39 is 0 Å². The quantitative estimate of drug-likeness (QED) is 0.712.